The Bertz CT molecular complexity index is 1010. The van der Waals surface area contributed by atoms with Crippen molar-refractivity contribution in [3.8, 4) is 16.9 Å². The highest BCUT2D eigenvalue weighted by Crippen LogP contribution is 2.38. The summed E-state index contributed by atoms with van der Waals surface area (Å²) < 4.78 is 14.1. The zero-order valence-electron chi connectivity index (χ0n) is 13.2. The first-order valence-corrected chi connectivity index (χ1v) is 9.04. The fraction of sp³-hybridized carbons (Fsp3) is 0.111. The minimum Gasteiger partial charge on any atom is -0.476 e. The van der Waals surface area contributed by atoms with Gasteiger partial charge in [-0.3, -0.25) is 4.21 Å². The second-order valence-corrected chi connectivity index (χ2v) is 7.17. The lowest BCUT2D eigenvalue weighted by atomic mass is 10.1. The number of fused-ring (bicyclic) bond motifs is 3. The van der Waals surface area contributed by atoms with Crippen molar-refractivity contribution in [1.82, 2.24) is 9.78 Å². The van der Waals surface area contributed by atoms with Crippen molar-refractivity contribution < 1.29 is 14.1 Å². The number of carboxylic acids is 1. The molecule has 6 nitrogen and oxygen atoms in total. The van der Waals surface area contributed by atoms with Gasteiger partial charge < -0.3 is 10.8 Å². The average Bonchev–Trinajstić information content (AvgIpc) is 3.02. The summed E-state index contributed by atoms with van der Waals surface area (Å²) in [6.07, 6.45) is 0. The van der Waals surface area contributed by atoms with Crippen LogP contribution in [0.2, 0.25) is 0 Å². The molecule has 1 aliphatic rings. The Morgan fingerprint density at radius 3 is 2.60 bits per heavy atom. The number of hydrogen-bond donors (Lipinski definition) is 2. The summed E-state index contributed by atoms with van der Waals surface area (Å²) in [5.41, 5.74) is 9.25. The Morgan fingerprint density at radius 1 is 1.20 bits per heavy atom. The smallest absolute Gasteiger partial charge is 0.356 e. The number of carbonyl (C=O) groups is 1. The van der Waals surface area contributed by atoms with Crippen LogP contribution in [0.25, 0.3) is 16.9 Å². The summed E-state index contributed by atoms with van der Waals surface area (Å²) in [5, 5.41) is 13.8. The van der Waals surface area contributed by atoms with Crippen LogP contribution < -0.4 is 5.73 Å². The molecule has 0 saturated carbocycles. The molecule has 3 aromatic rings. The Kier molecular flexibility index (Phi) is 3.74. The standard InChI is InChI=1S/C18H15N3O3S/c19-9-11-5-7-12(8-6-11)21-17-13-3-1-2-4-15(13)25(24)10-14(17)16(20-21)18(22)23/h1-8H,9-10,19H2,(H,22,23). The summed E-state index contributed by atoms with van der Waals surface area (Å²) in [6.45, 7) is 0.430. The number of rotatable bonds is 3. The number of aromatic carboxylic acids is 1. The zero-order chi connectivity index (χ0) is 17.6. The first kappa shape index (κ1) is 15.7. The monoisotopic (exact) mass is 353 g/mol. The van der Waals surface area contributed by atoms with Gasteiger partial charge >= 0.3 is 5.97 Å². The van der Waals surface area contributed by atoms with Crippen molar-refractivity contribution in [3.05, 3.63) is 65.4 Å². The van der Waals surface area contributed by atoms with Crippen molar-refractivity contribution in [2.75, 3.05) is 0 Å². The molecule has 1 aliphatic heterocycles. The number of nitrogens with two attached hydrogens (primary N) is 1. The van der Waals surface area contributed by atoms with E-state index in [0.717, 1.165) is 16.8 Å². The summed E-state index contributed by atoms with van der Waals surface area (Å²) in [4.78, 5) is 12.3. The second kappa shape index (κ2) is 5.94. The lowest BCUT2D eigenvalue weighted by Crippen LogP contribution is -2.10. The zero-order valence-corrected chi connectivity index (χ0v) is 14.0. The van der Waals surface area contributed by atoms with Crippen LogP contribution in [0.1, 0.15) is 21.6 Å². The van der Waals surface area contributed by atoms with Gasteiger partial charge in [-0.05, 0) is 23.8 Å². The molecular formula is C18H15N3O3S. The Morgan fingerprint density at radius 2 is 1.92 bits per heavy atom. The van der Waals surface area contributed by atoms with Gasteiger partial charge in [-0.2, -0.15) is 5.10 Å². The fourth-order valence-corrected chi connectivity index (χ4v) is 4.40. The van der Waals surface area contributed by atoms with E-state index in [9.17, 15) is 14.1 Å². The first-order chi connectivity index (χ1) is 12.1. The van der Waals surface area contributed by atoms with E-state index in [4.69, 9.17) is 5.73 Å². The molecule has 0 aliphatic carbocycles. The van der Waals surface area contributed by atoms with Gasteiger partial charge in [-0.25, -0.2) is 9.48 Å². The number of nitrogens with zero attached hydrogens (tertiary/aromatic N) is 2. The molecule has 2 aromatic carbocycles. The van der Waals surface area contributed by atoms with Crippen molar-refractivity contribution >= 4 is 16.8 Å². The van der Waals surface area contributed by atoms with E-state index in [1.807, 2.05) is 48.5 Å². The van der Waals surface area contributed by atoms with Crippen molar-refractivity contribution in [2.24, 2.45) is 5.73 Å². The van der Waals surface area contributed by atoms with Crippen molar-refractivity contribution in [1.29, 1.82) is 0 Å². The highest BCUT2D eigenvalue weighted by molar-refractivity contribution is 7.84. The van der Waals surface area contributed by atoms with Crippen LogP contribution in [-0.2, 0) is 23.1 Å². The summed E-state index contributed by atoms with van der Waals surface area (Å²) in [7, 11) is -1.28. The van der Waals surface area contributed by atoms with Gasteiger partial charge in [-0.1, -0.05) is 30.3 Å². The second-order valence-electron chi connectivity index (χ2n) is 5.75. The summed E-state index contributed by atoms with van der Waals surface area (Å²) in [6, 6.07) is 14.8. The maximum atomic E-state index is 12.5. The van der Waals surface area contributed by atoms with Crippen LogP contribution in [0, 0.1) is 0 Å². The highest BCUT2D eigenvalue weighted by Gasteiger charge is 2.31. The van der Waals surface area contributed by atoms with E-state index in [1.165, 1.54) is 0 Å². The van der Waals surface area contributed by atoms with Gasteiger partial charge in [0.05, 0.1) is 27.9 Å². The Labute approximate surface area is 146 Å². The molecule has 1 atom stereocenters. The van der Waals surface area contributed by atoms with Gasteiger partial charge in [0, 0.05) is 22.6 Å². The van der Waals surface area contributed by atoms with Crippen LogP contribution in [0.15, 0.2) is 53.4 Å². The van der Waals surface area contributed by atoms with Crippen LogP contribution in [0.3, 0.4) is 0 Å². The molecule has 0 spiro atoms. The van der Waals surface area contributed by atoms with E-state index in [2.05, 4.69) is 5.10 Å². The van der Waals surface area contributed by atoms with E-state index in [0.29, 0.717) is 22.7 Å². The largest absolute Gasteiger partial charge is 0.476 e. The average molecular weight is 353 g/mol. The minimum atomic E-state index is -1.28. The maximum absolute atomic E-state index is 12.5. The molecule has 0 saturated heterocycles. The topological polar surface area (TPSA) is 98.2 Å². The molecule has 25 heavy (non-hydrogen) atoms. The lowest BCUT2D eigenvalue weighted by Gasteiger charge is -2.18. The minimum absolute atomic E-state index is 0.0549. The summed E-state index contributed by atoms with van der Waals surface area (Å²) in [5.74, 6) is -0.973. The quantitative estimate of drug-likeness (QED) is 0.753. The lowest BCUT2D eigenvalue weighted by molar-refractivity contribution is 0.0689. The number of aromatic nitrogens is 2. The maximum Gasteiger partial charge on any atom is 0.356 e. The third-order valence-corrected chi connectivity index (χ3v) is 5.66. The molecule has 4 rings (SSSR count). The fourth-order valence-electron chi connectivity index (χ4n) is 3.07. The Balaban J connectivity index is 2.00. The summed E-state index contributed by atoms with van der Waals surface area (Å²) >= 11 is 0. The molecule has 0 amide bonds. The molecule has 0 fully saturated rings. The van der Waals surface area contributed by atoms with Crippen LogP contribution in [0.5, 0.6) is 0 Å². The third-order valence-electron chi connectivity index (χ3n) is 4.27. The number of benzene rings is 2. The highest BCUT2D eigenvalue weighted by atomic mass is 32.2. The Hall–Kier alpha value is -2.77. The third kappa shape index (κ3) is 2.48. The molecular weight excluding hydrogens is 338 g/mol. The molecule has 126 valence electrons. The van der Waals surface area contributed by atoms with E-state index in [-0.39, 0.29) is 11.4 Å². The molecule has 2 heterocycles. The molecule has 1 unspecified atom stereocenters. The number of hydrogen-bond acceptors (Lipinski definition) is 4. The van der Waals surface area contributed by atoms with Crippen LogP contribution >= 0.6 is 0 Å². The predicted octanol–water partition coefficient (Wildman–Crippen LogP) is 2.32. The van der Waals surface area contributed by atoms with Gasteiger partial charge in [0.25, 0.3) is 0 Å². The van der Waals surface area contributed by atoms with E-state index in [1.54, 1.807) is 4.68 Å². The van der Waals surface area contributed by atoms with Crippen LogP contribution in [0.4, 0.5) is 0 Å². The molecule has 1 aromatic heterocycles. The molecule has 3 N–H and O–H groups in total. The van der Waals surface area contributed by atoms with Crippen molar-refractivity contribution in [3.63, 3.8) is 0 Å². The first-order valence-electron chi connectivity index (χ1n) is 7.72. The molecule has 7 heteroatoms. The van der Waals surface area contributed by atoms with E-state index >= 15 is 0 Å². The van der Waals surface area contributed by atoms with Crippen LogP contribution in [-0.4, -0.2) is 25.1 Å². The molecule has 0 radical (unpaired) electrons. The van der Waals surface area contributed by atoms with Gasteiger partial charge in [0.1, 0.15) is 0 Å². The van der Waals surface area contributed by atoms with Crippen molar-refractivity contribution in [2.45, 2.75) is 17.2 Å². The number of carboxylic acid groups (broad SMARTS) is 1. The molecule has 0 bridgehead atoms. The van der Waals surface area contributed by atoms with Gasteiger partial charge in [-0.15, -0.1) is 0 Å². The van der Waals surface area contributed by atoms with E-state index < -0.39 is 16.8 Å². The normalized spacial score (nSPS) is 15.5. The predicted molar refractivity (Wildman–Crippen MR) is 94.0 cm³/mol. The van der Waals surface area contributed by atoms with Gasteiger partial charge in [0.2, 0.25) is 0 Å². The SMILES string of the molecule is NCc1ccc(-n2nc(C(=O)O)c3c2-c2ccccc2S(=O)C3)cc1. The van der Waals surface area contributed by atoms with Gasteiger partial charge in [0.15, 0.2) is 5.69 Å².